The Morgan fingerprint density at radius 2 is 1.79 bits per heavy atom. The van der Waals surface area contributed by atoms with Crippen LogP contribution < -0.4 is 5.32 Å². The highest BCUT2D eigenvalue weighted by molar-refractivity contribution is 5.31. The Morgan fingerprint density at radius 3 is 2.14 bits per heavy atom. The molecule has 82 valence electrons. The van der Waals surface area contributed by atoms with Gasteiger partial charge in [0.25, 0.3) is 0 Å². The van der Waals surface area contributed by atoms with Gasteiger partial charge in [-0.15, -0.1) is 0 Å². The van der Waals surface area contributed by atoms with Crippen LogP contribution in [0.1, 0.15) is 27.7 Å². The van der Waals surface area contributed by atoms with Crippen molar-refractivity contribution in [3.8, 4) is 0 Å². The van der Waals surface area contributed by atoms with Crippen LogP contribution in [0.5, 0.6) is 0 Å². The molecule has 0 aromatic rings. The van der Waals surface area contributed by atoms with Crippen LogP contribution in [-0.2, 0) is 0 Å². The van der Waals surface area contributed by atoms with Crippen molar-refractivity contribution in [3.63, 3.8) is 0 Å². The van der Waals surface area contributed by atoms with Crippen LogP contribution in [0, 0.1) is 0 Å². The molecule has 1 aliphatic rings. The summed E-state index contributed by atoms with van der Waals surface area (Å²) in [7, 11) is 0. The Bertz CT molecular complexity index is 238. The van der Waals surface area contributed by atoms with E-state index in [4.69, 9.17) is 0 Å². The van der Waals surface area contributed by atoms with Gasteiger partial charge < -0.3 is 5.32 Å². The first-order valence-corrected chi connectivity index (χ1v) is 4.63. The third-order valence-corrected chi connectivity index (χ3v) is 1.58. The second-order valence-corrected chi connectivity index (χ2v) is 2.88. The van der Waals surface area contributed by atoms with Gasteiger partial charge in [-0.2, -0.15) is 13.2 Å². The zero-order chi connectivity index (χ0) is 11.4. The highest BCUT2D eigenvalue weighted by Crippen LogP contribution is 2.29. The maximum absolute atomic E-state index is 12.1. The minimum Gasteiger partial charge on any atom is -0.383 e. The van der Waals surface area contributed by atoms with Crippen molar-refractivity contribution in [1.29, 1.82) is 0 Å². The molecule has 0 saturated carbocycles. The largest absolute Gasteiger partial charge is 0.416 e. The van der Waals surface area contributed by atoms with E-state index in [1.807, 2.05) is 13.8 Å². The predicted octanol–water partition coefficient (Wildman–Crippen LogP) is 3.40. The van der Waals surface area contributed by atoms with Gasteiger partial charge >= 0.3 is 6.18 Å². The molecular formula is C10H16F3N. The van der Waals surface area contributed by atoms with Crippen LogP contribution in [0.2, 0.25) is 0 Å². The number of dihydropyridines is 1. The van der Waals surface area contributed by atoms with E-state index < -0.39 is 11.7 Å². The Balaban J connectivity index is 0.000000791. The monoisotopic (exact) mass is 207 g/mol. The number of nitrogens with one attached hydrogen (secondary N) is 1. The SMILES string of the molecule is CC.CC1=CC(C(F)(F)F)=CC(C)N1. The van der Waals surface area contributed by atoms with Crippen molar-refractivity contribution in [2.75, 3.05) is 0 Å². The van der Waals surface area contributed by atoms with Gasteiger partial charge in [0.15, 0.2) is 0 Å². The quantitative estimate of drug-likeness (QED) is 0.642. The van der Waals surface area contributed by atoms with E-state index >= 15 is 0 Å². The first-order valence-electron chi connectivity index (χ1n) is 4.63. The average Bonchev–Trinajstić information content (AvgIpc) is 2.04. The van der Waals surface area contributed by atoms with E-state index in [-0.39, 0.29) is 6.04 Å². The van der Waals surface area contributed by atoms with Crippen LogP contribution in [0.4, 0.5) is 13.2 Å². The van der Waals surface area contributed by atoms with Crippen molar-refractivity contribution in [1.82, 2.24) is 5.32 Å². The standard InChI is InChI=1S/C8H10F3N.C2H6/c1-5-3-7(8(9,10)11)4-6(2)12-5;1-2/h3-5,12H,1-2H3;1-2H3. The smallest absolute Gasteiger partial charge is 0.383 e. The van der Waals surface area contributed by atoms with Crippen LogP contribution >= 0.6 is 0 Å². The molecule has 0 amide bonds. The highest BCUT2D eigenvalue weighted by atomic mass is 19.4. The maximum Gasteiger partial charge on any atom is 0.416 e. The van der Waals surface area contributed by atoms with Gasteiger partial charge in [0.1, 0.15) is 0 Å². The van der Waals surface area contributed by atoms with Crippen LogP contribution in [0.25, 0.3) is 0 Å². The average molecular weight is 207 g/mol. The number of hydrogen-bond acceptors (Lipinski definition) is 1. The summed E-state index contributed by atoms with van der Waals surface area (Å²) in [6, 6.07) is -0.244. The maximum atomic E-state index is 12.1. The molecule has 0 radical (unpaired) electrons. The molecule has 1 rings (SSSR count). The Morgan fingerprint density at radius 1 is 1.29 bits per heavy atom. The van der Waals surface area contributed by atoms with E-state index in [9.17, 15) is 13.2 Å². The fourth-order valence-corrected chi connectivity index (χ4v) is 1.17. The fraction of sp³-hybridized carbons (Fsp3) is 0.600. The minimum atomic E-state index is -4.22. The van der Waals surface area contributed by atoms with Crippen LogP contribution in [-0.4, -0.2) is 12.2 Å². The first-order chi connectivity index (χ1) is 6.39. The molecule has 0 aliphatic carbocycles. The van der Waals surface area contributed by atoms with Gasteiger partial charge in [0, 0.05) is 11.7 Å². The van der Waals surface area contributed by atoms with E-state index in [2.05, 4.69) is 5.32 Å². The van der Waals surface area contributed by atoms with Gasteiger partial charge in [-0.05, 0) is 19.9 Å². The number of allylic oxidation sites excluding steroid dienone is 3. The van der Waals surface area contributed by atoms with E-state index in [0.29, 0.717) is 5.70 Å². The summed E-state index contributed by atoms with van der Waals surface area (Å²) in [5, 5.41) is 2.87. The molecule has 0 fully saturated rings. The molecule has 0 bridgehead atoms. The second-order valence-electron chi connectivity index (χ2n) is 2.88. The second kappa shape index (κ2) is 5.08. The van der Waals surface area contributed by atoms with Crippen molar-refractivity contribution in [2.45, 2.75) is 39.9 Å². The third-order valence-electron chi connectivity index (χ3n) is 1.58. The van der Waals surface area contributed by atoms with Crippen molar-refractivity contribution in [3.05, 3.63) is 23.4 Å². The van der Waals surface area contributed by atoms with E-state index in [1.54, 1.807) is 13.8 Å². The van der Waals surface area contributed by atoms with Gasteiger partial charge in [0.2, 0.25) is 0 Å². The summed E-state index contributed by atoms with van der Waals surface area (Å²) < 4.78 is 36.4. The summed E-state index contributed by atoms with van der Waals surface area (Å²) in [5.41, 5.74) is -0.0106. The summed E-state index contributed by atoms with van der Waals surface area (Å²) in [4.78, 5) is 0. The molecule has 0 spiro atoms. The molecule has 0 saturated heterocycles. The van der Waals surface area contributed by atoms with Crippen molar-refractivity contribution in [2.24, 2.45) is 0 Å². The normalized spacial score (nSPS) is 21.2. The lowest BCUT2D eigenvalue weighted by Crippen LogP contribution is -2.28. The number of hydrogen-bond donors (Lipinski definition) is 1. The van der Waals surface area contributed by atoms with Crippen molar-refractivity contribution >= 4 is 0 Å². The summed E-state index contributed by atoms with van der Waals surface area (Å²) in [6.07, 6.45) is -1.94. The zero-order valence-electron chi connectivity index (χ0n) is 8.87. The lowest BCUT2D eigenvalue weighted by molar-refractivity contribution is -0.0888. The van der Waals surface area contributed by atoms with Gasteiger partial charge in [-0.3, -0.25) is 0 Å². The molecule has 1 atom stereocenters. The van der Waals surface area contributed by atoms with Gasteiger partial charge in [-0.1, -0.05) is 19.9 Å². The van der Waals surface area contributed by atoms with E-state index in [1.165, 1.54) is 6.08 Å². The summed E-state index contributed by atoms with van der Waals surface area (Å²) in [6.45, 7) is 7.30. The Kier molecular flexibility index (Phi) is 4.74. The van der Waals surface area contributed by atoms with Gasteiger partial charge in [0.05, 0.1) is 5.57 Å². The van der Waals surface area contributed by atoms with Crippen LogP contribution in [0.3, 0.4) is 0 Å². The summed E-state index contributed by atoms with van der Waals surface area (Å²) >= 11 is 0. The van der Waals surface area contributed by atoms with E-state index in [0.717, 1.165) is 6.08 Å². The molecule has 4 heteroatoms. The number of halogens is 3. The number of alkyl halides is 3. The first kappa shape index (κ1) is 13.1. The van der Waals surface area contributed by atoms with Gasteiger partial charge in [-0.25, -0.2) is 0 Å². The molecule has 1 aliphatic heterocycles. The summed E-state index contributed by atoms with van der Waals surface area (Å²) in [5.74, 6) is 0. The van der Waals surface area contributed by atoms with Crippen LogP contribution in [0.15, 0.2) is 23.4 Å². The molecular weight excluding hydrogens is 191 g/mol. The third kappa shape index (κ3) is 3.85. The minimum absolute atomic E-state index is 0.244. The molecule has 1 heterocycles. The lowest BCUT2D eigenvalue weighted by Gasteiger charge is -2.20. The highest BCUT2D eigenvalue weighted by Gasteiger charge is 2.33. The zero-order valence-corrected chi connectivity index (χ0v) is 8.87. The molecule has 1 unspecified atom stereocenters. The lowest BCUT2D eigenvalue weighted by atomic mass is 10.1. The molecule has 14 heavy (non-hydrogen) atoms. The molecule has 1 N–H and O–H groups in total. The molecule has 0 aromatic carbocycles. The molecule has 1 nitrogen and oxygen atoms in total. The number of rotatable bonds is 0. The predicted molar refractivity (Wildman–Crippen MR) is 51.8 cm³/mol. The Labute approximate surface area is 82.7 Å². The topological polar surface area (TPSA) is 12.0 Å². The van der Waals surface area contributed by atoms with Crippen molar-refractivity contribution < 1.29 is 13.2 Å². The Hall–Kier alpha value is -0.930. The fourth-order valence-electron chi connectivity index (χ4n) is 1.17. The molecule has 0 aromatic heterocycles.